The minimum atomic E-state index is -3.75. The number of hydrogen-bond donors (Lipinski definition) is 0. The van der Waals surface area contributed by atoms with E-state index in [0.29, 0.717) is 31.4 Å². The molecule has 0 unspecified atom stereocenters. The third-order valence-electron chi connectivity index (χ3n) is 6.66. The first-order chi connectivity index (χ1) is 15.4. The third-order valence-corrected chi connectivity index (χ3v) is 8.58. The fraction of sp³-hybridized carbons (Fsp3) is 0.696. The Morgan fingerprint density at radius 2 is 1.62 bits per heavy atom. The number of rotatable bonds is 7. The molecule has 3 rings (SSSR count). The fourth-order valence-corrected chi connectivity index (χ4v) is 6.21. The molecule has 2 aliphatic rings. The molecule has 1 aliphatic carbocycles. The molecule has 0 atom stereocenters. The van der Waals surface area contributed by atoms with E-state index in [9.17, 15) is 13.2 Å². The highest BCUT2D eigenvalue weighted by Crippen LogP contribution is 2.31. The first-order valence-corrected chi connectivity index (χ1v) is 13.0. The van der Waals surface area contributed by atoms with Gasteiger partial charge in [0.1, 0.15) is 16.4 Å². The van der Waals surface area contributed by atoms with E-state index in [1.165, 1.54) is 56.7 Å². The number of likely N-dealkylation sites (N-methyl/N-ethyl adjacent to an activating group) is 1. The molecule has 1 aliphatic heterocycles. The molecule has 1 aromatic carbocycles. The minimum absolute atomic E-state index is 0.0746. The Labute approximate surface area is 192 Å². The zero-order chi connectivity index (χ0) is 23.1. The quantitative estimate of drug-likeness (QED) is 0.613. The lowest BCUT2D eigenvalue weighted by atomic mass is 9.96. The topological polar surface area (TPSA) is 79.4 Å². The van der Waals surface area contributed by atoms with Crippen LogP contribution in [0.4, 0.5) is 0 Å². The highest BCUT2D eigenvalue weighted by Gasteiger charge is 2.33. The second-order valence-electron chi connectivity index (χ2n) is 8.72. The average molecular weight is 468 g/mol. The van der Waals surface area contributed by atoms with E-state index in [4.69, 9.17) is 9.47 Å². The Kier molecular flexibility index (Phi) is 8.79. The van der Waals surface area contributed by atoms with Crippen LogP contribution in [0, 0.1) is 0 Å². The Hall–Kier alpha value is -1.84. The summed E-state index contributed by atoms with van der Waals surface area (Å²) in [7, 11) is 1.23. The van der Waals surface area contributed by atoms with Gasteiger partial charge in [-0.05, 0) is 32.0 Å². The van der Waals surface area contributed by atoms with Crippen molar-refractivity contribution in [1.29, 1.82) is 0 Å². The maximum atomic E-state index is 13.2. The van der Waals surface area contributed by atoms with Crippen molar-refractivity contribution >= 4 is 15.9 Å². The van der Waals surface area contributed by atoms with Gasteiger partial charge in [-0.2, -0.15) is 4.31 Å². The second kappa shape index (κ2) is 11.3. The maximum absolute atomic E-state index is 13.2. The Balaban J connectivity index is 1.59. The molecule has 1 saturated heterocycles. The molecular weight excluding hydrogens is 430 g/mol. The summed E-state index contributed by atoms with van der Waals surface area (Å²) in [4.78, 5) is 17.0. The fourth-order valence-electron chi connectivity index (χ4n) is 4.62. The number of carbonyl (C=O) groups is 1. The first-order valence-electron chi connectivity index (χ1n) is 11.6. The molecule has 180 valence electrons. The van der Waals surface area contributed by atoms with Crippen molar-refractivity contribution < 1.29 is 22.7 Å². The van der Waals surface area contributed by atoms with E-state index in [2.05, 4.69) is 4.90 Å². The van der Waals surface area contributed by atoms with Crippen LogP contribution < -0.4 is 9.47 Å². The average Bonchev–Trinajstić information content (AvgIpc) is 2.78. The van der Waals surface area contributed by atoms with Crippen molar-refractivity contribution in [3.63, 3.8) is 0 Å². The SMILES string of the molecule is COc1ccc(OC)c(S(=O)(=O)N2CCN(C(=O)CN(C)C3CCCCCCC3)CC2)c1. The molecule has 1 aromatic rings. The normalized spacial score (nSPS) is 19.4. The molecule has 9 heteroatoms. The van der Waals surface area contributed by atoms with Gasteiger partial charge in [0.25, 0.3) is 0 Å². The van der Waals surface area contributed by atoms with Crippen molar-refractivity contribution in [3.05, 3.63) is 18.2 Å². The van der Waals surface area contributed by atoms with E-state index in [1.54, 1.807) is 17.0 Å². The van der Waals surface area contributed by atoms with Crippen molar-refractivity contribution in [3.8, 4) is 11.5 Å². The Morgan fingerprint density at radius 1 is 1.00 bits per heavy atom. The lowest BCUT2D eigenvalue weighted by molar-refractivity contribution is -0.133. The van der Waals surface area contributed by atoms with Crippen LogP contribution in [0.2, 0.25) is 0 Å². The number of amides is 1. The summed E-state index contributed by atoms with van der Waals surface area (Å²) < 4.78 is 38.4. The minimum Gasteiger partial charge on any atom is -0.497 e. The van der Waals surface area contributed by atoms with Crippen LogP contribution in [0.1, 0.15) is 44.9 Å². The van der Waals surface area contributed by atoms with Gasteiger partial charge in [0.2, 0.25) is 15.9 Å². The number of methoxy groups -OCH3 is 2. The summed E-state index contributed by atoms with van der Waals surface area (Å²) in [6, 6.07) is 5.20. The molecule has 0 radical (unpaired) electrons. The Bertz CT molecular complexity index is 860. The molecule has 0 spiro atoms. The van der Waals surface area contributed by atoms with Gasteiger partial charge in [-0.1, -0.05) is 32.1 Å². The highest BCUT2D eigenvalue weighted by atomic mass is 32.2. The van der Waals surface area contributed by atoms with Gasteiger partial charge in [-0.15, -0.1) is 0 Å². The lowest BCUT2D eigenvalue weighted by Gasteiger charge is -2.36. The zero-order valence-corrected chi connectivity index (χ0v) is 20.4. The monoisotopic (exact) mass is 467 g/mol. The second-order valence-corrected chi connectivity index (χ2v) is 10.6. The summed E-state index contributed by atoms with van der Waals surface area (Å²) in [6.45, 7) is 1.70. The smallest absolute Gasteiger partial charge is 0.247 e. The van der Waals surface area contributed by atoms with Crippen molar-refractivity contribution in [1.82, 2.24) is 14.1 Å². The van der Waals surface area contributed by atoms with Crippen LogP contribution in [0.25, 0.3) is 0 Å². The summed E-state index contributed by atoms with van der Waals surface area (Å²) in [6.07, 6.45) is 8.65. The van der Waals surface area contributed by atoms with Crippen LogP contribution in [0.5, 0.6) is 11.5 Å². The van der Waals surface area contributed by atoms with Gasteiger partial charge in [0, 0.05) is 38.3 Å². The van der Waals surface area contributed by atoms with Crippen LogP contribution >= 0.6 is 0 Å². The molecule has 1 heterocycles. The van der Waals surface area contributed by atoms with E-state index in [-0.39, 0.29) is 29.6 Å². The van der Waals surface area contributed by atoms with E-state index in [1.807, 2.05) is 7.05 Å². The van der Waals surface area contributed by atoms with Gasteiger partial charge >= 0.3 is 0 Å². The van der Waals surface area contributed by atoms with Gasteiger partial charge in [0.05, 0.1) is 20.8 Å². The molecule has 32 heavy (non-hydrogen) atoms. The van der Waals surface area contributed by atoms with Gasteiger partial charge in [-0.25, -0.2) is 8.42 Å². The van der Waals surface area contributed by atoms with E-state index in [0.717, 1.165) is 12.8 Å². The standard InChI is InChI=1S/C23H37N3O5S/c1-24(19-9-7-5-4-6-8-10-19)18-23(27)25-13-15-26(16-14-25)32(28,29)22-17-20(30-2)11-12-21(22)31-3/h11-12,17,19H,4-10,13-16,18H2,1-3H3. The number of hydrogen-bond acceptors (Lipinski definition) is 6. The Morgan fingerprint density at radius 3 is 2.22 bits per heavy atom. The van der Waals surface area contributed by atoms with Gasteiger partial charge < -0.3 is 14.4 Å². The van der Waals surface area contributed by atoms with Crippen molar-refractivity contribution in [2.75, 3.05) is 54.0 Å². The first kappa shape index (κ1) is 24.8. The maximum Gasteiger partial charge on any atom is 0.247 e. The predicted molar refractivity (Wildman–Crippen MR) is 124 cm³/mol. The molecule has 1 saturated carbocycles. The molecule has 1 amide bonds. The summed E-state index contributed by atoms with van der Waals surface area (Å²) in [5.41, 5.74) is 0. The number of benzene rings is 1. The molecular formula is C23H37N3O5S. The molecule has 8 nitrogen and oxygen atoms in total. The predicted octanol–water partition coefficient (Wildman–Crippen LogP) is 2.58. The van der Waals surface area contributed by atoms with Crippen LogP contribution in [0.15, 0.2) is 23.1 Å². The molecule has 2 fully saturated rings. The van der Waals surface area contributed by atoms with Crippen LogP contribution in [0.3, 0.4) is 0 Å². The number of ether oxygens (including phenoxy) is 2. The molecule has 0 N–H and O–H groups in total. The molecule has 0 aromatic heterocycles. The van der Waals surface area contributed by atoms with Crippen molar-refractivity contribution in [2.24, 2.45) is 0 Å². The number of sulfonamides is 1. The number of nitrogens with zero attached hydrogens (tertiary/aromatic N) is 3. The van der Waals surface area contributed by atoms with Gasteiger partial charge in [0.15, 0.2) is 0 Å². The summed E-state index contributed by atoms with van der Waals surface area (Å²) in [5, 5.41) is 0. The zero-order valence-electron chi connectivity index (χ0n) is 19.6. The molecule has 0 bridgehead atoms. The third kappa shape index (κ3) is 5.94. The summed E-state index contributed by atoms with van der Waals surface area (Å²) >= 11 is 0. The van der Waals surface area contributed by atoms with E-state index < -0.39 is 10.0 Å². The lowest BCUT2D eigenvalue weighted by Crippen LogP contribution is -2.53. The van der Waals surface area contributed by atoms with Crippen LogP contribution in [-0.4, -0.2) is 88.5 Å². The van der Waals surface area contributed by atoms with Crippen molar-refractivity contribution in [2.45, 2.75) is 55.9 Å². The highest BCUT2D eigenvalue weighted by molar-refractivity contribution is 7.89. The van der Waals surface area contributed by atoms with Crippen LogP contribution in [-0.2, 0) is 14.8 Å². The van der Waals surface area contributed by atoms with Gasteiger partial charge in [-0.3, -0.25) is 9.69 Å². The van der Waals surface area contributed by atoms with E-state index >= 15 is 0 Å². The largest absolute Gasteiger partial charge is 0.497 e. The summed E-state index contributed by atoms with van der Waals surface area (Å²) in [5.74, 6) is 0.811. The number of carbonyl (C=O) groups excluding carboxylic acids is 1. The number of piperazine rings is 1.